The molecule has 9 heavy (non-hydrogen) atoms. The van der Waals surface area contributed by atoms with E-state index in [1.54, 1.807) is 0 Å². The molecule has 0 unspecified atom stereocenters. The summed E-state index contributed by atoms with van der Waals surface area (Å²) < 4.78 is 0. The summed E-state index contributed by atoms with van der Waals surface area (Å²) in [4.78, 5) is 9.85. The summed E-state index contributed by atoms with van der Waals surface area (Å²) >= 11 is 0. The third-order valence-electron chi connectivity index (χ3n) is 1.14. The smallest absolute Gasteiger partial charge is 0.119 e. The first-order valence-corrected chi connectivity index (χ1v) is 3.29. The van der Waals surface area contributed by atoms with Gasteiger partial charge in [0.1, 0.15) is 6.29 Å². The first-order chi connectivity index (χ1) is 4.06. The highest BCUT2D eigenvalue weighted by Crippen LogP contribution is 2.07. The SMILES string of the molecule is CC(C)(N)CCCC=O. The highest BCUT2D eigenvalue weighted by atomic mass is 16.1. The molecule has 2 heteroatoms. The summed E-state index contributed by atoms with van der Waals surface area (Å²) in [6, 6.07) is 0. The number of nitrogens with two attached hydrogens (primary N) is 1. The van der Waals surface area contributed by atoms with Crippen LogP contribution in [-0.4, -0.2) is 11.8 Å². The third kappa shape index (κ3) is 7.63. The van der Waals surface area contributed by atoms with E-state index in [1.165, 1.54) is 0 Å². The Morgan fingerprint density at radius 2 is 2.11 bits per heavy atom. The van der Waals surface area contributed by atoms with E-state index in [2.05, 4.69) is 0 Å². The number of carbonyl (C=O) groups is 1. The van der Waals surface area contributed by atoms with Gasteiger partial charge < -0.3 is 10.5 Å². The molecule has 0 atom stereocenters. The molecule has 0 aliphatic carbocycles. The summed E-state index contributed by atoms with van der Waals surface area (Å²) in [5, 5.41) is 0. The summed E-state index contributed by atoms with van der Waals surface area (Å²) in [5.41, 5.74) is 5.55. The lowest BCUT2D eigenvalue weighted by atomic mass is 9.99. The van der Waals surface area contributed by atoms with Gasteiger partial charge >= 0.3 is 0 Å². The lowest BCUT2D eigenvalue weighted by molar-refractivity contribution is -0.107. The number of hydrogen-bond donors (Lipinski definition) is 1. The van der Waals surface area contributed by atoms with E-state index in [1.807, 2.05) is 13.8 Å². The van der Waals surface area contributed by atoms with Gasteiger partial charge in [-0.05, 0) is 26.7 Å². The minimum Gasteiger partial charge on any atom is -0.326 e. The van der Waals surface area contributed by atoms with Crippen LogP contribution in [0.1, 0.15) is 33.1 Å². The molecular formula is C7H15NO. The normalized spacial score (nSPS) is 11.4. The Balaban J connectivity index is 3.17. The van der Waals surface area contributed by atoms with Crippen molar-refractivity contribution in [3.05, 3.63) is 0 Å². The molecule has 0 aliphatic rings. The van der Waals surface area contributed by atoms with Gasteiger partial charge in [0.2, 0.25) is 0 Å². The molecule has 0 saturated heterocycles. The second kappa shape index (κ2) is 3.62. The third-order valence-corrected chi connectivity index (χ3v) is 1.14. The van der Waals surface area contributed by atoms with Crippen LogP contribution in [0, 0.1) is 0 Å². The molecule has 0 radical (unpaired) electrons. The van der Waals surface area contributed by atoms with E-state index in [-0.39, 0.29) is 5.54 Å². The van der Waals surface area contributed by atoms with Crippen molar-refractivity contribution in [3.63, 3.8) is 0 Å². The van der Waals surface area contributed by atoms with Gasteiger partial charge in [-0.1, -0.05) is 0 Å². The van der Waals surface area contributed by atoms with Gasteiger partial charge in [-0.3, -0.25) is 0 Å². The van der Waals surface area contributed by atoms with Crippen LogP contribution in [0.25, 0.3) is 0 Å². The van der Waals surface area contributed by atoms with Crippen LogP contribution in [0.5, 0.6) is 0 Å². The standard InChI is InChI=1S/C7H15NO/c1-7(2,8)5-3-4-6-9/h6H,3-5,8H2,1-2H3. The van der Waals surface area contributed by atoms with E-state index in [9.17, 15) is 4.79 Å². The maximum Gasteiger partial charge on any atom is 0.119 e. The monoisotopic (exact) mass is 129 g/mol. The molecule has 2 nitrogen and oxygen atoms in total. The van der Waals surface area contributed by atoms with Crippen molar-refractivity contribution in [1.29, 1.82) is 0 Å². The molecule has 2 N–H and O–H groups in total. The van der Waals surface area contributed by atoms with Gasteiger partial charge in [0.15, 0.2) is 0 Å². The van der Waals surface area contributed by atoms with Gasteiger partial charge in [-0.15, -0.1) is 0 Å². The minimum absolute atomic E-state index is 0.108. The second-order valence-electron chi connectivity index (χ2n) is 3.05. The Hall–Kier alpha value is -0.370. The number of carbonyl (C=O) groups excluding carboxylic acids is 1. The van der Waals surface area contributed by atoms with Gasteiger partial charge in [0.05, 0.1) is 0 Å². The zero-order chi connectivity index (χ0) is 7.33. The molecule has 0 aromatic rings. The lowest BCUT2D eigenvalue weighted by Gasteiger charge is -2.16. The van der Waals surface area contributed by atoms with Crippen LogP contribution < -0.4 is 5.73 Å². The number of hydrogen-bond acceptors (Lipinski definition) is 2. The topological polar surface area (TPSA) is 43.1 Å². The zero-order valence-electron chi connectivity index (χ0n) is 6.18. The van der Waals surface area contributed by atoms with Crippen LogP contribution in [0.3, 0.4) is 0 Å². The van der Waals surface area contributed by atoms with Crippen LogP contribution in [-0.2, 0) is 4.79 Å². The fraction of sp³-hybridized carbons (Fsp3) is 0.857. The molecule has 0 aromatic heterocycles. The van der Waals surface area contributed by atoms with Crippen LogP contribution in [0.4, 0.5) is 0 Å². The Bertz CT molecular complexity index is 83.4. The summed E-state index contributed by atoms with van der Waals surface area (Å²) in [6.07, 6.45) is 3.41. The fourth-order valence-corrected chi connectivity index (χ4v) is 0.641. The molecule has 0 amide bonds. The Morgan fingerprint density at radius 1 is 1.56 bits per heavy atom. The van der Waals surface area contributed by atoms with Crippen molar-refractivity contribution in [1.82, 2.24) is 0 Å². The largest absolute Gasteiger partial charge is 0.326 e. The van der Waals surface area contributed by atoms with E-state index >= 15 is 0 Å². The average molecular weight is 129 g/mol. The molecule has 0 rings (SSSR count). The van der Waals surface area contributed by atoms with E-state index in [0.29, 0.717) is 6.42 Å². The van der Waals surface area contributed by atoms with Crippen molar-refractivity contribution in [2.45, 2.75) is 38.6 Å². The molecule has 0 spiro atoms. The zero-order valence-corrected chi connectivity index (χ0v) is 6.18. The second-order valence-corrected chi connectivity index (χ2v) is 3.05. The van der Waals surface area contributed by atoms with E-state index in [4.69, 9.17) is 5.73 Å². The Morgan fingerprint density at radius 3 is 2.44 bits per heavy atom. The van der Waals surface area contributed by atoms with E-state index < -0.39 is 0 Å². The Kier molecular flexibility index (Phi) is 3.47. The summed E-state index contributed by atoms with van der Waals surface area (Å²) in [6.45, 7) is 3.94. The predicted molar refractivity (Wildman–Crippen MR) is 38.2 cm³/mol. The Labute approximate surface area is 56.4 Å². The first-order valence-electron chi connectivity index (χ1n) is 3.29. The lowest BCUT2D eigenvalue weighted by Crippen LogP contribution is -2.31. The molecule has 0 aromatic carbocycles. The minimum atomic E-state index is -0.108. The summed E-state index contributed by atoms with van der Waals surface area (Å²) in [5.74, 6) is 0. The molecule has 0 saturated carbocycles. The van der Waals surface area contributed by atoms with Gasteiger partial charge in [-0.2, -0.15) is 0 Å². The number of aldehydes is 1. The van der Waals surface area contributed by atoms with Crippen molar-refractivity contribution >= 4 is 6.29 Å². The van der Waals surface area contributed by atoms with Gasteiger partial charge in [0.25, 0.3) is 0 Å². The fourth-order valence-electron chi connectivity index (χ4n) is 0.641. The highest BCUT2D eigenvalue weighted by Gasteiger charge is 2.08. The molecule has 54 valence electrons. The van der Waals surface area contributed by atoms with Crippen molar-refractivity contribution < 1.29 is 4.79 Å². The van der Waals surface area contributed by atoms with Gasteiger partial charge in [0, 0.05) is 12.0 Å². The predicted octanol–water partition coefficient (Wildman–Crippen LogP) is 1.09. The average Bonchev–Trinajstić information content (AvgIpc) is 1.63. The summed E-state index contributed by atoms with van der Waals surface area (Å²) in [7, 11) is 0. The van der Waals surface area contributed by atoms with Crippen molar-refractivity contribution in [2.24, 2.45) is 5.73 Å². The van der Waals surface area contributed by atoms with E-state index in [0.717, 1.165) is 19.1 Å². The quantitative estimate of drug-likeness (QED) is 0.456. The number of rotatable bonds is 4. The van der Waals surface area contributed by atoms with Gasteiger partial charge in [-0.25, -0.2) is 0 Å². The molecule has 0 heterocycles. The maximum absolute atomic E-state index is 9.85. The number of unbranched alkanes of at least 4 members (excludes halogenated alkanes) is 1. The molecular weight excluding hydrogens is 114 g/mol. The molecule has 0 fully saturated rings. The van der Waals surface area contributed by atoms with Crippen LogP contribution >= 0.6 is 0 Å². The molecule has 0 bridgehead atoms. The maximum atomic E-state index is 9.85. The van der Waals surface area contributed by atoms with Crippen LogP contribution in [0.2, 0.25) is 0 Å². The van der Waals surface area contributed by atoms with Crippen LogP contribution in [0.15, 0.2) is 0 Å². The molecule has 0 aliphatic heterocycles. The van der Waals surface area contributed by atoms with Crippen molar-refractivity contribution in [2.75, 3.05) is 0 Å². The van der Waals surface area contributed by atoms with Crippen molar-refractivity contribution in [3.8, 4) is 0 Å². The first kappa shape index (κ1) is 8.63. The highest BCUT2D eigenvalue weighted by molar-refractivity contribution is 5.48.